The van der Waals surface area contributed by atoms with Crippen LogP contribution in [-0.2, 0) is 0 Å². The summed E-state index contributed by atoms with van der Waals surface area (Å²) in [5.74, 6) is 0. The molecule has 0 radical (unpaired) electrons. The van der Waals surface area contributed by atoms with Gasteiger partial charge in [-0.3, -0.25) is 0 Å². The predicted molar refractivity (Wildman–Crippen MR) is 316 cm³/mol. The summed E-state index contributed by atoms with van der Waals surface area (Å²) in [6.07, 6.45) is 22.8. The van der Waals surface area contributed by atoms with Gasteiger partial charge in [-0.05, 0) is 143 Å². The maximum Gasteiger partial charge on any atom is 0.0542 e. The molecule has 10 aromatic rings. The molecule has 0 saturated heterocycles. The van der Waals surface area contributed by atoms with Crippen molar-refractivity contribution >= 4 is 98.3 Å². The second-order valence-corrected chi connectivity index (χ2v) is 17.9. The van der Waals surface area contributed by atoms with Gasteiger partial charge in [-0.15, -0.1) is 17.9 Å². The minimum atomic E-state index is 1.04. The van der Waals surface area contributed by atoms with E-state index in [0.29, 0.717) is 0 Å². The van der Waals surface area contributed by atoms with Crippen LogP contribution in [-0.4, -0.2) is 9.13 Å². The van der Waals surface area contributed by atoms with Crippen molar-refractivity contribution in [2.45, 2.75) is 47.0 Å². The standard InChI is InChI=1S/C52H34N2S.C6H10.C4H6.C3H6.C2H6/c1-3-35-41-27-31(32-22-26-49-44(28-32)52-40-19-12-18-39-36-15-8-9-16-37(36)43(51(39)40)30-50(52)55-49)21-24-47(41)54(45(35)4-2)34-23-25-48-42(29-34)38-17-10-11-20-46(38)53(48)33-13-6-5-7-14-33;1-3-5-6-4-2;1-3-4-2;1-3-2;1-2/h3-8,10-15,17-30H,1-2,9,16H2;3,5-6H,1,4H2,2H3;3-4H,1-2H2;3H,1H2,2H3;1-2H3/b;6-5-;;;. The first-order valence-corrected chi connectivity index (χ1v) is 25.2. The highest BCUT2D eigenvalue weighted by atomic mass is 32.1. The quantitative estimate of drug-likeness (QED) is 0.106. The summed E-state index contributed by atoms with van der Waals surface area (Å²) in [5, 5.41) is 9.13. The van der Waals surface area contributed by atoms with Gasteiger partial charge in [-0.25, -0.2) is 0 Å². The van der Waals surface area contributed by atoms with Crippen LogP contribution in [0.15, 0.2) is 222 Å². The van der Waals surface area contributed by atoms with E-state index in [1.165, 1.54) is 91.5 Å². The molecule has 0 saturated carbocycles. The Morgan fingerprint density at radius 1 is 0.557 bits per heavy atom. The Bertz CT molecular complexity index is 3720. The smallest absolute Gasteiger partial charge is 0.0542 e. The van der Waals surface area contributed by atoms with Crippen molar-refractivity contribution < 1.29 is 0 Å². The molecule has 0 fully saturated rings. The number of benzene rings is 7. The summed E-state index contributed by atoms with van der Waals surface area (Å²) >= 11 is 1.92. The molecule has 0 spiro atoms. The minimum absolute atomic E-state index is 1.04. The maximum absolute atomic E-state index is 4.30. The van der Waals surface area contributed by atoms with Crippen molar-refractivity contribution in [1.82, 2.24) is 9.13 Å². The van der Waals surface area contributed by atoms with Gasteiger partial charge in [0.05, 0.1) is 22.2 Å². The van der Waals surface area contributed by atoms with Gasteiger partial charge in [0.1, 0.15) is 0 Å². The first kappa shape index (κ1) is 48.5. The highest BCUT2D eigenvalue weighted by Crippen LogP contribution is 2.51. The second-order valence-electron chi connectivity index (χ2n) is 16.8. The molecule has 3 heterocycles. The largest absolute Gasteiger partial charge is 0.309 e. The lowest BCUT2D eigenvalue weighted by atomic mass is 9.94. The van der Waals surface area contributed by atoms with Gasteiger partial charge in [0.25, 0.3) is 0 Å². The molecular weight excluding hydrogens is 865 g/mol. The van der Waals surface area contributed by atoms with Gasteiger partial charge in [0, 0.05) is 53.3 Å². The second kappa shape index (κ2) is 22.0. The van der Waals surface area contributed by atoms with Gasteiger partial charge in [0.15, 0.2) is 0 Å². The van der Waals surface area contributed by atoms with Gasteiger partial charge in [-0.1, -0.05) is 175 Å². The summed E-state index contributed by atoms with van der Waals surface area (Å²) in [5.41, 5.74) is 16.1. The molecule has 0 unspecified atom stereocenters. The molecule has 346 valence electrons. The third-order valence-corrected chi connectivity index (χ3v) is 13.9. The van der Waals surface area contributed by atoms with Crippen molar-refractivity contribution in [2.75, 3.05) is 0 Å². The van der Waals surface area contributed by atoms with Crippen LogP contribution in [0.2, 0.25) is 0 Å². The van der Waals surface area contributed by atoms with E-state index in [1.807, 2.05) is 50.3 Å². The first-order valence-electron chi connectivity index (χ1n) is 24.4. The Labute approximate surface area is 418 Å². The lowest BCUT2D eigenvalue weighted by molar-refractivity contribution is 1.06. The van der Waals surface area contributed by atoms with Crippen LogP contribution in [0.1, 0.15) is 69.3 Å². The van der Waals surface area contributed by atoms with Crippen molar-refractivity contribution in [1.29, 1.82) is 0 Å². The van der Waals surface area contributed by atoms with Gasteiger partial charge >= 0.3 is 0 Å². The van der Waals surface area contributed by atoms with Gasteiger partial charge < -0.3 is 9.13 Å². The molecule has 2 nitrogen and oxygen atoms in total. The van der Waals surface area contributed by atoms with Crippen LogP contribution in [0.4, 0.5) is 0 Å². The highest BCUT2D eigenvalue weighted by Gasteiger charge is 2.26. The number of aromatic nitrogens is 2. The highest BCUT2D eigenvalue weighted by molar-refractivity contribution is 7.26. The third kappa shape index (κ3) is 8.70. The molecule has 12 rings (SSSR count). The molecule has 70 heavy (non-hydrogen) atoms. The average Bonchev–Trinajstić information content (AvgIpc) is 4.15. The summed E-state index contributed by atoms with van der Waals surface area (Å²) in [6, 6.07) is 49.5. The molecule has 2 aliphatic carbocycles. The van der Waals surface area contributed by atoms with E-state index in [4.69, 9.17) is 0 Å². The summed E-state index contributed by atoms with van der Waals surface area (Å²) in [4.78, 5) is 0. The van der Waals surface area contributed by atoms with E-state index >= 15 is 0 Å². The number of hydrogen-bond donors (Lipinski definition) is 0. The number of allylic oxidation sites excluding steroid dienone is 10. The molecule has 0 aliphatic heterocycles. The number of nitrogens with zero attached hydrogens (tertiary/aromatic N) is 2. The number of rotatable bonds is 8. The van der Waals surface area contributed by atoms with E-state index in [9.17, 15) is 0 Å². The number of hydrogen-bond acceptors (Lipinski definition) is 1. The zero-order valence-electron chi connectivity index (χ0n) is 41.1. The number of thiophene rings is 1. The third-order valence-electron chi connectivity index (χ3n) is 12.8. The van der Waals surface area contributed by atoms with E-state index < -0.39 is 0 Å². The summed E-state index contributed by atoms with van der Waals surface area (Å²) < 4.78 is 7.41. The Balaban J connectivity index is 0.000000391. The first-order chi connectivity index (χ1) is 34.4. The van der Waals surface area contributed by atoms with Gasteiger partial charge in [0.2, 0.25) is 0 Å². The summed E-state index contributed by atoms with van der Waals surface area (Å²) in [6.45, 7) is 30.2. The van der Waals surface area contributed by atoms with Crippen LogP contribution in [0, 0.1) is 0 Å². The van der Waals surface area contributed by atoms with Crippen LogP contribution in [0.5, 0.6) is 0 Å². The summed E-state index contributed by atoms with van der Waals surface area (Å²) in [7, 11) is 0. The van der Waals surface area contributed by atoms with Crippen molar-refractivity contribution in [3.63, 3.8) is 0 Å². The van der Waals surface area contributed by atoms with E-state index in [-0.39, 0.29) is 0 Å². The monoisotopic (exact) mass is 926 g/mol. The Morgan fingerprint density at radius 3 is 1.93 bits per heavy atom. The fourth-order valence-corrected chi connectivity index (χ4v) is 11.1. The number of fused-ring (bicyclic) bond motifs is 10. The molecular formula is C67H62N2S. The molecule has 7 aromatic carbocycles. The minimum Gasteiger partial charge on any atom is -0.309 e. The Kier molecular flexibility index (Phi) is 15.2. The van der Waals surface area contributed by atoms with Gasteiger partial charge in [-0.2, -0.15) is 0 Å². The van der Waals surface area contributed by atoms with Crippen LogP contribution in [0.25, 0.3) is 109 Å². The fourth-order valence-electron chi connectivity index (χ4n) is 9.98. The van der Waals surface area contributed by atoms with E-state index in [0.717, 1.165) is 47.4 Å². The molecule has 3 aromatic heterocycles. The Morgan fingerprint density at radius 2 is 1.23 bits per heavy atom. The fraction of sp³-hybridized carbons (Fsp3) is 0.104. The maximum atomic E-state index is 4.30. The Hall–Kier alpha value is -7.98. The molecule has 3 heteroatoms. The van der Waals surface area contributed by atoms with Crippen molar-refractivity contribution in [3.05, 3.63) is 244 Å². The predicted octanol–water partition coefficient (Wildman–Crippen LogP) is 20.5. The molecule has 0 N–H and O–H groups in total. The molecule has 0 bridgehead atoms. The van der Waals surface area contributed by atoms with E-state index in [2.05, 4.69) is 207 Å². The van der Waals surface area contributed by atoms with E-state index in [1.54, 1.807) is 24.3 Å². The molecule has 2 aliphatic rings. The van der Waals surface area contributed by atoms with Crippen molar-refractivity contribution in [2.24, 2.45) is 0 Å². The van der Waals surface area contributed by atoms with Crippen molar-refractivity contribution in [3.8, 4) is 22.5 Å². The lowest BCUT2D eigenvalue weighted by Crippen LogP contribution is -1.97. The normalized spacial score (nSPS) is 12.1. The molecule has 0 atom stereocenters. The van der Waals surface area contributed by atoms with Crippen LogP contribution >= 0.6 is 11.3 Å². The average molecular weight is 927 g/mol. The zero-order valence-corrected chi connectivity index (χ0v) is 42.0. The topological polar surface area (TPSA) is 9.86 Å². The molecule has 0 amide bonds. The van der Waals surface area contributed by atoms with Crippen LogP contribution < -0.4 is 0 Å². The van der Waals surface area contributed by atoms with Crippen LogP contribution in [0.3, 0.4) is 0 Å². The number of para-hydroxylation sites is 2. The zero-order chi connectivity index (χ0) is 49.3. The lowest BCUT2D eigenvalue weighted by Gasteiger charge is -2.11. The SMILES string of the molecule is C=C/C=C\CC.C=CC.C=CC=C.C=Cc1c(C=C)n(-c2ccc3c(c2)c2ccccc2n3-c2ccccc2)c2ccc(-c3ccc4sc5cc6c7c(cccc7c5c4c3)C3=C6CCC=C3)cc12.CC.